The molecule has 0 amide bonds. The number of ether oxygens (including phenoxy) is 1. The summed E-state index contributed by atoms with van der Waals surface area (Å²) in [6, 6.07) is 4.25. The first-order valence-electron chi connectivity index (χ1n) is 10.0. The van der Waals surface area contributed by atoms with Crippen molar-refractivity contribution in [2.24, 2.45) is 10.9 Å². The number of anilines is 1. The molecule has 0 atom stereocenters. The van der Waals surface area contributed by atoms with Crippen LogP contribution in [-0.4, -0.2) is 87.8 Å². The third kappa shape index (κ3) is 7.36. The van der Waals surface area contributed by atoms with Crippen molar-refractivity contribution in [3.8, 4) is 0 Å². The van der Waals surface area contributed by atoms with Crippen molar-refractivity contribution in [1.82, 2.24) is 20.1 Å². The predicted molar refractivity (Wildman–Crippen MR) is 126 cm³/mol. The molecule has 1 N–H and O–H groups in total. The van der Waals surface area contributed by atoms with E-state index in [2.05, 4.69) is 56.2 Å². The van der Waals surface area contributed by atoms with E-state index in [1.807, 2.05) is 13.2 Å². The zero-order valence-corrected chi connectivity index (χ0v) is 19.8. The topological polar surface area (TPSA) is 56.2 Å². The molecule has 1 saturated carbocycles. The van der Waals surface area contributed by atoms with Gasteiger partial charge < -0.3 is 24.8 Å². The number of aromatic nitrogens is 1. The molecule has 0 unspecified atom stereocenters. The lowest BCUT2D eigenvalue weighted by Gasteiger charge is -2.33. The first-order valence-corrected chi connectivity index (χ1v) is 10.0. The molecule has 0 bridgehead atoms. The van der Waals surface area contributed by atoms with Gasteiger partial charge in [-0.15, -0.1) is 24.0 Å². The number of rotatable bonds is 8. The van der Waals surface area contributed by atoms with Gasteiger partial charge in [-0.3, -0.25) is 4.99 Å². The predicted octanol–water partition coefficient (Wildman–Crippen LogP) is 1.89. The Morgan fingerprint density at radius 2 is 2.07 bits per heavy atom. The third-order valence-corrected chi connectivity index (χ3v) is 5.28. The van der Waals surface area contributed by atoms with Gasteiger partial charge in [0.05, 0.1) is 6.61 Å². The van der Waals surface area contributed by atoms with Crippen LogP contribution >= 0.6 is 24.0 Å². The Morgan fingerprint density at radius 1 is 1.32 bits per heavy atom. The van der Waals surface area contributed by atoms with Gasteiger partial charge in [0, 0.05) is 66.2 Å². The van der Waals surface area contributed by atoms with Crippen LogP contribution in [0.25, 0.3) is 0 Å². The van der Waals surface area contributed by atoms with Gasteiger partial charge in [0.15, 0.2) is 5.96 Å². The van der Waals surface area contributed by atoms with Gasteiger partial charge in [0.25, 0.3) is 0 Å². The quantitative estimate of drug-likeness (QED) is 0.254. The lowest BCUT2D eigenvalue weighted by atomic mass is 10.2. The van der Waals surface area contributed by atoms with E-state index in [4.69, 9.17) is 4.74 Å². The van der Waals surface area contributed by atoms with Gasteiger partial charge in [0.2, 0.25) is 0 Å². The smallest absolute Gasteiger partial charge is 0.193 e. The van der Waals surface area contributed by atoms with Gasteiger partial charge in [-0.25, -0.2) is 4.98 Å². The number of hydrogen-bond acceptors (Lipinski definition) is 5. The van der Waals surface area contributed by atoms with Crippen molar-refractivity contribution in [3.63, 3.8) is 0 Å². The minimum atomic E-state index is 0. The van der Waals surface area contributed by atoms with Crippen LogP contribution in [0.3, 0.4) is 0 Å². The summed E-state index contributed by atoms with van der Waals surface area (Å²) in [6.45, 7) is 7.48. The summed E-state index contributed by atoms with van der Waals surface area (Å²) in [4.78, 5) is 15.8. The molecule has 28 heavy (non-hydrogen) atoms. The number of guanidine groups is 1. The number of likely N-dealkylation sites (N-methyl/N-ethyl adjacent to an activating group) is 2. The Labute approximate surface area is 186 Å². The minimum absolute atomic E-state index is 0. The van der Waals surface area contributed by atoms with Crippen molar-refractivity contribution in [3.05, 3.63) is 23.9 Å². The zero-order chi connectivity index (χ0) is 19.1. The molecule has 158 valence electrons. The normalized spacial score (nSPS) is 18.0. The van der Waals surface area contributed by atoms with Crippen molar-refractivity contribution in [2.75, 3.05) is 72.0 Å². The summed E-state index contributed by atoms with van der Waals surface area (Å²) in [5, 5.41) is 3.45. The zero-order valence-electron chi connectivity index (χ0n) is 17.4. The largest absolute Gasteiger partial charge is 0.379 e. The minimum Gasteiger partial charge on any atom is -0.379 e. The summed E-state index contributed by atoms with van der Waals surface area (Å²) in [6.07, 6.45) is 4.57. The molecular formula is C20H35IN6O. The van der Waals surface area contributed by atoms with Gasteiger partial charge >= 0.3 is 0 Å². The highest BCUT2D eigenvalue weighted by Gasteiger charge is 2.21. The van der Waals surface area contributed by atoms with Crippen LogP contribution in [0.2, 0.25) is 0 Å². The fourth-order valence-corrected chi connectivity index (χ4v) is 3.19. The van der Waals surface area contributed by atoms with Crippen LogP contribution < -0.4 is 10.2 Å². The Balaban J connectivity index is 0.00000280. The van der Waals surface area contributed by atoms with Crippen LogP contribution in [0.5, 0.6) is 0 Å². The SMILES string of the molecule is CN=C(NCc1ccnc(N2CCN(C)CC2)c1)N(C)CCOCC1CC1.I. The van der Waals surface area contributed by atoms with E-state index in [0.717, 1.165) is 70.2 Å². The second-order valence-corrected chi connectivity index (χ2v) is 7.65. The van der Waals surface area contributed by atoms with E-state index in [9.17, 15) is 0 Å². The molecule has 3 rings (SSSR count). The average molecular weight is 502 g/mol. The van der Waals surface area contributed by atoms with Crippen LogP contribution in [0.1, 0.15) is 18.4 Å². The summed E-state index contributed by atoms with van der Waals surface area (Å²) < 4.78 is 5.73. The Bertz CT molecular complexity index is 616. The highest BCUT2D eigenvalue weighted by molar-refractivity contribution is 14.0. The van der Waals surface area contributed by atoms with Crippen LogP contribution in [0, 0.1) is 5.92 Å². The van der Waals surface area contributed by atoms with Crippen molar-refractivity contribution in [2.45, 2.75) is 19.4 Å². The number of nitrogens with one attached hydrogen (secondary N) is 1. The van der Waals surface area contributed by atoms with E-state index < -0.39 is 0 Å². The number of piperazine rings is 1. The fraction of sp³-hybridized carbons (Fsp3) is 0.700. The van der Waals surface area contributed by atoms with Gasteiger partial charge in [-0.2, -0.15) is 0 Å². The highest BCUT2D eigenvalue weighted by atomic mass is 127. The standard InChI is InChI=1S/C20H34N6O.HI/c1-21-20(25(3)12-13-27-16-17-4-5-17)23-15-18-6-7-22-19(14-18)26-10-8-24(2)9-11-26;/h6-7,14,17H,4-5,8-13,15-16H2,1-3H3,(H,21,23);1H. The molecule has 2 heterocycles. The number of pyridine rings is 1. The molecule has 8 heteroatoms. The fourth-order valence-electron chi connectivity index (χ4n) is 3.19. The molecule has 1 aromatic heterocycles. The van der Waals surface area contributed by atoms with Gasteiger partial charge in [-0.1, -0.05) is 0 Å². The maximum absolute atomic E-state index is 5.73. The van der Waals surface area contributed by atoms with Crippen LogP contribution in [0.15, 0.2) is 23.3 Å². The van der Waals surface area contributed by atoms with Crippen molar-refractivity contribution >= 4 is 35.8 Å². The Morgan fingerprint density at radius 3 is 2.75 bits per heavy atom. The van der Waals surface area contributed by atoms with E-state index in [1.54, 1.807) is 0 Å². The van der Waals surface area contributed by atoms with E-state index in [0.29, 0.717) is 0 Å². The molecule has 0 spiro atoms. The molecule has 0 radical (unpaired) electrons. The monoisotopic (exact) mass is 502 g/mol. The van der Waals surface area contributed by atoms with Crippen LogP contribution in [0.4, 0.5) is 5.82 Å². The van der Waals surface area contributed by atoms with Gasteiger partial charge in [0.1, 0.15) is 5.82 Å². The molecule has 7 nitrogen and oxygen atoms in total. The number of halogens is 1. The Kier molecular flexibility index (Phi) is 9.73. The summed E-state index contributed by atoms with van der Waals surface area (Å²) in [7, 11) is 6.05. The van der Waals surface area contributed by atoms with Crippen molar-refractivity contribution < 1.29 is 4.74 Å². The van der Waals surface area contributed by atoms with Crippen LogP contribution in [-0.2, 0) is 11.3 Å². The summed E-state index contributed by atoms with van der Waals surface area (Å²) >= 11 is 0. The van der Waals surface area contributed by atoms with E-state index in [-0.39, 0.29) is 24.0 Å². The maximum Gasteiger partial charge on any atom is 0.193 e. The molecule has 2 aliphatic rings. The lowest BCUT2D eigenvalue weighted by Crippen LogP contribution is -2.44. The molecule has 0 aromatic carbocycles. The molecular weight excluding hydrogens is 467 g/mol. The first-order chi connectivity index (χ1) is 13.2. The molecule has 2 fully saturated rings. The number of aliphatic imine (C=N–C) groups is 1. The second-order valence-electron chi connectivity index (χ2n) is 7.65. The molecule has 1 saturated heterocycles. The first kappa shape index (κ1) is 23.2. The summed E-state index contributed by atoms with van der Waals surface area (Å²) in [5.74, 6) is 2.77. The second kappa shape index (κ2) is 11.8. The highest BCUT2D eigenvalue weighted by Crippen LogP contribution is 2.28. The molecule has 1 aliphatic heterocycles. The van der Waals surface area contributed by atoms with E-state index >= 15 is 0 Å². The Hall–Kier alpha value is -1.13. The van der Waals surface area contributed by atoms with Crippen molar-refractivity contribution in [1.29, 1.82) is 0 Å². The molecule has 1 aromatic rings. The average Bonchev–Trinajstić information content (AvgIpc) is 3.51. The number of hydrogen-bond donors (Lipinski definition) is 1. The maximum atomic E-state index is 5.73. The lowest BCUT2D eigenvalue weighted by molar-refractivity contribution is 0.115. The van der Waals surface area contributed by atoms with E-state index in [1.165, 1.54) is 18.4 Å². The number of nitrogens with zero attached hydrogens (tertiary/aromatic N) is 5. The summed E-state index contributed by atoms with van der Waals surface area (Å²) in [5.41, 5.74) is 1.22. The molecule has 1 aliphatic carbocycles. The third-order valence-electron chi connectivity index (χ3n) is 5.28. The van der Waals surface area contributed by atoms with Gasteiger partial charge in [-0.05, 0) is 43.5 Å².